The lowest BCUT2D eigenvalue weighted by Crippen LogP contribution is -2.12. The molecule has 0 spiro atoms. The molecule has 0 aliphatic carbocycles. The van der Waals surface area contributed by atoms with Crippen molar-refractivity contribution >= 4 is 11.6 Å². The van der Waals surface area contributed by atoms with Crippen LogP contribution in [-0.2, 0) is 11.2 Å². The van der Waals surface area contributed by atoms with Crippen molar-refractivity contribution in [1.29, 1.82) is 0 Å². The first kappa shape index (κ1) is 13.9. The van der Waals surface area contributed by atoms with Crippen molar-refractivity contribution in [3.8, 4) is 11.4 Å². The number of carbonyl (C=O) groups is 1. The number of nitrogens with zero attached hydrogens (tertiary/aromatic N) is 4. The van der Waals surface area contributed by atoms with E-state index in [0.717, 1.165) is 5.56 Å². The molecule has 3 heterocycles. The molecule has 0 saturated heterocycles. The monoisotopic (exact) mass is 295 g/mol. The molecule has 7 nitrogen and oxygen atoms in total. The van der Waals surface area contributed by atoms with Gasteiger partial charge >= 0.3 is 0 Å². The maximum Gasteiger partial charge on any atom is 0.227 e. The third-order valence-electron chi connectivity index (χ3n) is 2.92. The molecule has 3 aromatic heterocycles. The Morgan fingerprint density at radius 2 is 2.00 bits per heavy atom. The molecule has 0 bridgehead atoms. The summed E-state index contributed by atoms with van der Waals surface area (Å²) in [5, 5.41) is 6.65. The van der Waals surface area contributed by atoms with Crippen LogP contribution < -0.4 is 5.32 Å². The summed E-state index contributed by atoms with van der Waals surface area (Å²) < 4.78 is 5.14. The van der Waals surface area contributed by atoms with E-state index in [1.165, 1.54) is 0 Å². The zero-order valence-corrected chi connectivity index (χ0v) is 11.6. The van der Waals surface area contributed by atoms with Gasteiger partial charge in [-0.05, 0) is 24.3 Å². The van der Waals surface area contributed by atoms with Crippen LogP contribution in [-0.4, -0.2) is 26.0 Å². The first-order chi connectivity index (χ1) is 10.8. The third kappa shape index (κ3) is 3.51. The number of hydrogen-bond donors (Lipinski definition) is 1. The number of nitrogens with one attached hydrogen (secondary N) is 1. The van der Waals surface area contributed by atoms with E-state index in [1.54, 1.807) is 43.0 Å². The van der Waals surface area contributed by atoms with Crippen molar-refractivity contribution < 1.29 is 9.32 Å². The van der Waals surface area contributed by atoms with E-state index in [2.05, 4.69) is 25.4 Å². The molecule has 0 saturated carbocycles. The molecule has 0 unspecified atom stereocenters. The van der Waals surface area contributed by atoms with E-state index in [9.17, 15) is 4.79 Å². The van der Waals surface area contributed by atoms with Crippen molar-refractivity contribution in [2.75, 3.05) is 5.32 Å². The highest BCUT2D eigenvalue weighted by Gasteiger charge is 2.10. The van der Waals surface area contributed by atoms with E-state index >= 15 is 0 Å². The molecule has 3 aromatic rings. The SMILES string of the molecule is O=C(CCc1nc(-c2cccnc2)no1)Nc1ccncc1. The van der Waals surface area contributed by atoms with Gasteiger partial charge in [0.15, 0.2) is 0 Å². The van der Waals surface area contributed by atoms with Crippen molar-refractivity contribution in [2.45, 2.75) is 12.8 Å². The van der Waals surface area contributed by atoms with Gasteiger partial charge in [-0.3, -0.25) is 14.8 Å². The first-order valence-electron chi connectivity index (χ1n) is 6.74. The fourth-order valence-electron chi connectivity index (χ4n) is 1.85. The second-order valence-electron chi connectivity index (χ2n) is 4.54. The van der Waals surface area contributed by atoms with Crippen LogP contribution in [0.15, 0.2) is 53.6 Å². The number of carbonyl (C=O) groups excluding carboxylic acids is 1. The zero-order valence-electron chi connectivity index (χ0n) is 11.6. The second-order valence-corrected chi connectivity index (χ2v) is 4.54. The highest BCUT2D eigenvalue weighted by Crippen LogP contribution is 2.14. The van der Waals surface area contributed by atoms with E-state index < -0.39 is 0 Å². The zero-order chi connectivity index (χ0) is 15.2. The minimum Gasteiger partial charge on any atom is -0.339 e. The Balaban J connectivity index is 1.56. The van der Waals surface area contributed by atoms with Gasteiger partial charge in [-0.2, -0.15) is 4.98 Å². The number of aromatic nitrogens is 4. The number of pyridine rings is 2. The van der Waals surface area contributed by atoms with Gasteiger partial charge in [0.2, 0.25) is 17.6 Å². The van der Waals surface area contributed by atoms with Crippen LogP contribution >= 0.6 is 0 Å². The van der Waals surface area contributed by atoms with Crippen molar-refractivity contribution in [3.63, 3.8) is 0 Å². The molecular weight excluding hydrogens is 282 g/mol. The number of aryl methyl sites for hydroxylation is 1. The molecule has 1 N–H and O–H groups in total. The topological polar surface area (TPSA) is 93.8 Å². The van der Waals surface area contributed by atoms with Crippen LogP contribution in [0, 0.1) is 0 Å². The molecule has 0 aliphatic heterocycles. The molecule has 0 aromatic carbocycles. The van der Waals surface area contributed by atoms with Gasteiger partial charge in [0, 0.05) is 48.9 Å². The molecule has 110 valence electrons. The Labute approximate surface area is 126 Å². The lowest BCUT2D eigenvalue weighted by molar-refractivity contribution is -0.116. The highest BCUT2D eigenvalue weighted by atomic mass is 16.5. The normalized spacial score (nSPS) is 10.4. The van der Waals surface area contributed by atoms with Gasteiger partial charge < -0.3 is 9.84 Å². The van der Waals surface area contributed by atoms with Gasteiger partial charge in [-0.1, -0.05) is 5.16 Å². The minimum absolute atomic E-state index is 0.118. The van der Waals surface area contributed by atoms with Gasteiger partial charge in [0.25, 0.3) is 0 Å². The Hall–Kier alpha value is -3.09. The van der Waals surface area contributed by atoms with E-state index in [0.29, 0.717) is 23.8 Å². The standard InChI is InChI=1S/C15H13N5O2/c21-13(18-12-5-8-16-9-6-12)3-4-14-19-15(20-22-14)11-2-1-7-17-10-11/h1-2,5-10H,3-4H2,(H,16,18,21). The summed E-state index contributed by atoms with van der Waals surface area (Å²) in [6, 6.07) is 7.10. The van der Waals surface area contributed by atoms with E-state index in [-0.39, 0.29) is 12.3 Å². The molecule has 1 amide bonds. The fraction of sp³-hybridized carbons (Fsp3) is 0.133. The van der Waals surface area contributed by atoms with Gasteiger partial charge in [-0.15, -0.1) is 0 Å². The van der Waals surface area contributed by atoms with Crippen molar-refractivity contribution in [2.24, 2.45) is 0 Å². The number of amides is 1. The van der Waals surface area contributed by atoms with Crippen LogP contribution in [0.1, 0.15) is 12.3 Å². The van der Waals surface area contributed by atoms with Crippen molar-refractivity contribution in [1.82, 2.24) is 20.1 Å². The predicted octanol–water partition coefficient (Wildman–Crippen LogP) is 2.10. The summed E-state index contributed by atoms with van der Waals surface area (Å²) in [5.74, 6) is 0.772. The maximum atomic E-state index is 11.8. The third-order valence-corrected chi connectivity index (χ3v) is 2.92. The van der Waals surface area contributed by atoms with E-state index in [1.807, 2.05) is 6.07 Å². The molecule has 0 radical (unpaired) electrons. The van der Waals surface area contributed by atoms with Crippen LogP contribution in [0.3, 0.4) is 0 Å². The Morgan fingerprint density at radius 1 is 1.14 bits per heavy atom. The average Bonchev–Trinajstić information content (AvgIpc) is 3.04. The van der Waals surface area contributed by atoms with Crippen LogP contribution in [0.4, 0.5) is 5.69 Å². The maximum absolute atomic E-state index is 11.8. The summed E-state index contributed by atoms with van der Waals surface area (Å²) in [5.41, 5.74) is 1.49. The molecule has 22 heavy (non-hydrogen) atoms. The summed E-state index contributed by atoms with van der Waals surface area (Å²) in [4.78, 5) is 24.0. The second kappa shape index (κ2) is 6.57. The minimum atomic E-state index is -0.118. The lowest BCUT2D eigenvalue weighted by Gasteiger charge is -2.02. The van der Waals surface area contributed by atoms with Gasteiger partial charge in [0.1, 0.15) is 0 Å². The first-order valence-corrected chi connectivity index (χ1v) is 6.74. The molecule has 3 rings (SSSR count). The van der Waals surface area contributed by atoms with Gasteiger partial charge in [-0.25, -0.2) is 0 Å². The number of hydrogen-bond acceptors (Lipinski definition) is 6. The highest BCUT2D eigenvalue weighted by molar-refractivity contribution is 5.90. The smallest absolute Gasteiger partial charge is 0.227 e. The molecular formula is C15H13N5O2. The quantitative estimate of drug-likeness (QED) is 0.774. The number of anilines is 1. The van der Waals surface area contributed by atoms with Crippen LogP contribution in [0.5, 0.6) is 0 Å². The summed E-state index contributed by atoms with van der Waals surface area (Å²) in [6.45, 7) is 0. The molecule has 0 fully saturated rings. The lowest BCUT2D eigenvalue weighted by atomic mass is 10.2. The van der Waals surface area contributed by atoms with Crippen LogP contribution in [0.25, 0.3) is 11.4 Å². The van der Waals surface area contributed by atoms with Crippen molar-refractivity contribution in [3.05, 3.63) is 54.9 Å². The number of rotatable bonds is 5. The summed E-state index contributed by atoms with van der Waals surface area (Å²) >= 11 is 0. The van der Waals surface area contributed by atoms with Crippen LogP contribution in [0.2, 0.25) is 0 Å². The summed E-state index contributed by atoms with van der Waals surface area (Å²) in [7, 11) is 0. The molecule has 0 aliphatic rings. The average molecular weight is 295 g/mol. The van der Waals surface area contributed by atoms with E-state index in [4.69, 9.17) is 4.52 Å². The Morgan fingerprint density at radius 3 is 2.77 bits per heavy atom. The largest absolute Gasteiger partial charge is 0.339 e. The predicted molar refractivity (Wildman–Crippen MR) is 78.7 cm³/mol. The Kier molecular flexibility index (Phi) is 4.15. The Bertz CT molecular complexity index is 743. The fourth-order valence-corrected chi connectivity index (χ4v) is 1.85. The summed E-state index contributed by atoms with van der Waals surface area (Å²) in [6.07, 6.45) is 7.21. The van der Waals surface area contributed by atoms with Gasteiger partial charge in [0.05, 0.1) is 0 Å². The molecule has 7 heteroatoms. The molecule has 0 atom stereocenters.